The first kappa shape index (κ1) is 42.0. The Kier molecular flexibility index (Phi) is 12.2. The quantitative estimate of drug-likeness (QED) is 0.112. The SMILES string of the molecule is CCNC(=O)C[C@@H]1N=C(c2ccc(Cl)cc2)c2cc(OCC(=O)NCc3cccc(C4CCN(C(=O)c5cccc6sc([Si](C)(C)O)cc56)CC4)c3)ccc2-n2c(C)nnc21. The summed E-state index contributed by atoms with van der Waals surface area (Å²) in [7, 11) is -2.49. The van der Waals surface area contributed by atoms with E-state index in [-0.39, 0.29) is 30.7 Å². The molecular formula is C46H48ClN7O5SSi. The summed E-state index contributed by atoms with van der Waals surface area (Å²) in [4.78, 5) is 57.5. The Balaban J connectivity index is 0.911. The van der Waals surface area contributed by atoms with Crippen LogP contribution in [0.4, 0.5) is 0 Å². The van der Waals surface area contributed by atoms with Crippen molar-refractivity contribution >= 4 is 69.3 Å². The molecule has 4 heterocycles. The van der Waals surface area contributed by atoms with E-state index >= 15 is 0 Å². The predicted molar refractivity (Wildman–Crippen MR) is 242 cm³/mol. The van der Waals surface area contributed by atoms with E-state index in [1.807, 2.05) is 97.1 Å². The molecule has 0 aliphatic carbocycles. The van der Waals surface area contributed by atoms with Crippen LogP contribution in [0, 0.1) is 6.92 Å². The lowest BCUT2D eigenvalue weighted by Crippen LogP contribution is -2.39. The summed E-state index contributed by atoms with van der Waals surface area (Å²) in [5.74, 6) is 1.59. The van der Waals surface area contributed by atoms with Gasteiger partial charge in [0, 0.05) is 62.5 Å². The van der Waals surface area contributed by atoms with Crippen LogP contribution in [0.5, 0.6) is 5.75 Å². The first-order valence-electron chi connectivity index (χ1n) is 20.6. The summed E-state index contributed by atoms with van der Waals surface area (Å²) in [6.07, 6.45) is 1.77. The summed E-state index contributed by atoms with van der Waals surface area (Å²) in [5.41, 5.74) is 5.81. The van der Waals surface area contributed by atoms with Gasteiger partial charge in [-0.3, -0.25) is 23.9 Å². The van der Waals surface area contributed by atoms with Gasteiger partial charge in [0.05, 0.1) is 17.8 Å². The smallest absolute Gasteiger partial charge is 0.258 e. The highest BCUT2D eigenvalue weighted by atomic mass is 35.5. The average Bonchev–Trinajstić information content (AvgIpc) is 3.85. The number of piperidine rings is 1. The second-order valence-corrected chi connectivity index (χ2v) is 21.6. The number of fused-ring (bicyclic) bond motifs is 4. The fourth-order valence-corrected chi connectivity index (χ4v) is 10.9. The van der Waals surface area contributed by atoms with E-state index in [2.05, 4.69) is 33.0 Å². The fourth-order valence-electron chi connectivity index (χ4n) is 8.08. The van der Waals surface area contributed by atoms with Crippen molar-refractivity contribution in [2.24, 2.45) is 4.99 Å². The van der Waals surface area contributed by atoms with Gasteiger partial charge in [-0.15, -0.1) is 21.5 Å². The normalized spacial score (nSPS) is 15.4. The van der Waals surface area contributed by atoms with E-state index in [0.29, 0.717) is 65.8 Å². The van der Waals surface area contributed by atoms with Crippen LogP contribution < -0.4 is 19.9 Å². The van der Waals surface area contributed by atoms with Gasteiger partial charge in [-0.1, -0.05) is 54.1 Å². The molecule has 61 heavy (non-hydrogen) atoms. The summed E-state index contributed by atoms with van der Waals surface area (Å²) in [6, 6.07) is 28.4. The Morgan fingerprint density at radius 3 is 2.46 bits per heavy atom. The molecule has 4 aromatic carbocycles. The maximum Gasteiger partial charge on any atom is 0.258 e. The number of carbonyl (C=O) groups is 3. The summed E-state index contributed by atoms with van der Waals surface area (Å²) in [5, 5.41) is 16.2. The van der Waals surface area contributed by atoms with E-state index in [4.69, 9.17) is 21.3 Å². The van der Waals surface area contributed by atoms with Crippen LogP contribution in [-0.4, -0.2) is 82.5 Å². The topological polar surface area (TPSA) is 151 Å². The number of hydrogen-bond acceptors (Lipinski definition) is 9. The van der Waals surface area contributed by atoms with Gasteiger partial charge in [0.15, 0.2) is 12.4 Å². The summed E-state index contributed by atoms with van der Waals surface area (Å²) < 4.78 is 10.00. The minimum atomic E-state index is -2.49. The molecule has 0 unspecified atom stereocenters. The fraction of sp³-hybridized carbons (Fsp3) is 0.304. The Morgan fingerprint density at radius 1 is 0.934 bits per heavy atom. The van der Waals surface area contributed by atoms with Crippen LogP contribution >= 0.6 is 22.9 Å². The molecule has 1 saturated heterocycles. The second-order valence-electron chi connectivity index (χ2n) is 16.0. The third kappa shape index (κ3) is 9.18. The lowest BCUT2D eigenvalue weighted by molar-refractivity contribution is -0.123. The minimum absolute atomic E-state index is 0.0344. The van der Waals surface area contributed by atoms with Crippen LogP contribution in [0.2, 0.25) is 18.1 Å². The molecule has 314 valence electrons. The van der Waals surface area contributed by atoms with Crippen LogP contribution in [0.3, 0.4) is 0 Å². The molecule has 2 aliphatic heterocycles. The van der Waals surface area contributed by atoms with Crippen LogP contribution in [0.25, 0.3) is 15.8 Å². The van der Waals surface area contributed by atoms with Gasteiger partial charge in [-0.25, -0.2) is 0 Å². The van der Waals surface area contributed by atoms with E-state index in [9.17, 15) is 19.2 Å². The standard InChI is InChI=1S/C46H48ClN7O5SSi/c1-5-48-41(55)25-38-45-52-51-28(2)54(45)39-17-16-34(23-37(39)44(50-38)31-12-14-33(47)15-13-31)59-27-42(56)49-26-29-8-6-9-32(22-29)30-18-20-53(21-19-30)46(57)35-10-7-11-40-36(35)24-43(60-40)61(3,4)58/h6-17,22-24,30,38,58H,5,18-21,25-27H2,1-4H3,(H,48,55)(H,49,56)/t38-/m0/s1. The molecule has 3 amide bonds. The number of aryl methyl sites for hydroxylation is 1. The number of thiophene rings is 1. The number of aromatic nitrogens is 3. The molecule has 0 spiro atoms. The van der Waals surface area contributed by atoms with Gasteiger partial charge in [-0.2, -0.15) is 0 Å². The maximum atomic E-state index is 13.7. The molecule has 6 aromatic rings. The number of halogens is 1. The van der Waals surface area contributed by atoms with Gasteiger partial charge in [0.2, 0.25) is 14.2 Å². The third-order valence-electron chi connectivity index (χ3n) is 11.2. The Hall–Kier alpha value is -5.67. The zero-order valence-corrected chi connectivity index (χ0v) is 37.1. The van der Waals surface area contributed by atoms with Crippen molar-refractivity contribution in [3.8, 4) is 11.4 Å². The molecule has 8 rings (SSSR count). The lowest BCUT2D eigenvalue weighted by atomic mass is 9.88. The molecule has 0 radical (unpaired) electrons. The number of rotatable bonds is 12. The number of amides is 3. The van der Waals surface area contributed by atoms with Crippen molar-refractivity contribution in [2.45, 2.75) is 64.7 Å². The zero-order valence-electron chi connectivity index (χ0n) is 34.6. The van der Waals surface area contributed by atoms with Crippen molar-refractivity contribution < 1.29 is 23.9 Å². The summed E-state index contributed by atoms with van der Waals surface area (Å²) >= 11 is 7.84. The van der Waals surface area contributed by atoms with Crippen molar-refractivity contribution in [3.63, 3.8) is 0 Å². The highest BCUT2D eigenvalue weighted by Crippen LogP contribution is 2.35. The molecule has 2 aliphatic rings. The van der Waals surface area contributed by atoms with E-state index in [1.54, 1.807) is 29.5 Å². The number of carbonyl (C=O) groups excluding carboxylic acids is 3. The largest absolute Gasteiger partial charge is 0.484 e. The molecule has 15 heteroatoms. The molecule has 2 aromatic heterocycles. The number of ether oxygens (including phenoxy) is 1. The highest BCUT2D eigenvalue weighted by Gasteiger charge is 2.31. The number of benzene rings is 4. The third-order valence-corrected chi connectivity index (χ3v) is 15.5. The van der Waals surface area contributed by atoms with Crippen LogP contribution in [-0.2, 0) is 16.1 Å². The Morgan fingerprint density at radius 2 is 1.70 bits per heavy atom. The van der Waals surface area contributed by atoms with E-state index < -0.39 is 14.4 Å². The number of nitrogens with zero attached hydrogens (tertiary/aromatic N) is 5. The van der Waals surface area contributed by atoms with E-state index in [1.165, 1.54) is 5.56 Å². The molecule has 12 nitrogen and oxygen atoms in total. The second kappa shape index (κ2) is 17.7. The highest BCUT2D eigenvalue weighted by molar-refractivity contribution is 7.30. The van der Waals surface area contributed by atoms with Crippen LogP contribution in [0.1, 0.15) is 82.4 Å². The van der Waals surface area contributed by atoms with Crippen molar-refractivity contribution in [3.05, 3.63) is 135 Å². The van der Waals surface area contributed by atoms with Crippen molar-refractivity contribution in [1.82, 2.24) is 30.3 Å². The molecule has 0 saturated carbocycles. The number of hydrogen-bond donors (Lipinski definition) is 3. The molecule has 0 bridgehead atoms. The van der Waals surface area contributed by atoms with Gasteiger partial charge in [-0.05, 0) is 105 Å². The average molecular weight is 875 g/mol. The monoisotopic (exact) mass is 873 g/mol. The lowest BCUT2D eigenvalue weighted by Gasteiger charge is -2.32. The van der Waals surface area contributed by atoms with Gasteiger partial charge in [0.1, 0.15) is 17.6 Å². The Bertz CT molecular complexity index is 2650. The number of likely N-dealkylation sites (tertiary alicyclic amines) is 1. The summed E-state index contributed by atoms with van der Waals surface area (Å²) in [6.45, 7) is 9.49. The first-order valence-corrected chi connectivity index (χ1v) is 24.7. The zero-order chi connectivity index (χ0) is 42.8. The van der Waals surface area contributed by atoms with Gasteiger partial charge in [0.25, 0.3) is 11.8 Å². The van der Waals surface area contributed by atoms with Crippen molar-refractivity contribution in [1.29, 1.82) is 0 Å². The van der Waals surface area contributed by atoms with E-state index in [0.717, 1.165) is 49.8 Å². The maximum absolute atomic E-state index is 13.7. The molecule has 1 atom stereocenters. The first-order chi connectivity index (χ1) is 29.4. The number of aliphatic imine (C=N–C) groups is 1. The molecule has 3 N–H and O–H groups in total. The van der Waals surface area contributed by atoms with Crippen molar-refractivity contribution in [2.75, 3.05) is 26.2 Å². The molecule has 1 fully saturated rings. The van der Waals surface area contributed by atoms with Gasteiger partial charge < -0.3 is 25.1 Å². The van der Waals surface area contributed by atoms with Gasteiger partial charge >= 0.3 is 0 Å². The number of nitrogens with one attached hydrogen (secondary N) is 2. The van der Waals surface area contributed by atoms with Crippen LogP contribution in [0.15, 0.2) is 96.0 Å². The predicted octanol–water partition coefficient (Wildman–Crippen LogP) is 6.98. The Labute approximate surface area is 364 Å². The molecular weight excluding hydrogens is 826 g/mol. The minimum Gasteiger partial charge on any atom is -0.484 e.